The maximum absolute atomic E-state index is 13.4. The molecule has 35 heavy (non-hydrogen) atoms. The van der Waals surface area contributed by atoms with E-state index in [9.17, 15) is 38.4 Å². The van der Waals surface area contributed by atoms with E-state index in [-0.39, 0.29) is 30.4 Å². The molecule has 0 aliphatic carbocycles. The minimum absolute atomic E-state index is 0.0237. The number of hydrogen-bond acceptors (Lipinski definition) is 7. The first-order valence-corrected chi connectivity index (χ1v) is 15.1. The molecule has 0 saturated carbocycles. The number of benzene rings is 2. The second kappa shape index (κ2) is 10.0. The van der Waals surface area contributed by atoms with Gasteiger partial charge in [0, 0.05) is 25.7 Å². The first kappa shape index (κ1) is 27.4. The van der Waals surface area contributed by atoms with Crippen molar-refractivity contribution in [3.05, 3.63) is 48.5 Å². The molecular formula is C20H23F3N2O7S3. The maximum Gasteiger partial charge on any atom is 0.573 e. The minimum Gasteiger partial charge on any atom is -0.406 e. The molecule has 3 rings (SSSR count). The molecule has 1 aliphatic rings. The maximum atomic E-state index is 13.4. The Hall–Kier alpha value is -2.20. The number of ether oxygens (including phenoxy) is 1. The molecule has 0 radical (unpaired) electrons. The lowest BCUT2D eigenvalue weighted by atomic mass is 9.99. The van der Waals surface area contributed by atoms with Crippen molar-refractivity contribution in [2.45, 2.75) is 33.9 Å². The van der Waals surface area contributed by atoms with Crippen LogP contribution in [-0.4, -0.2) is 61.8 Å². The van der Waals surface area contributed by atoms with Crippen LogP contribution in [0.15, 0.2) is 63.2 Å². The van der Waals surface area contributed by atoms with Crippen molar-refractivity contribution in [1.29, 1.82) is 0 Å². The highest BCUT2D eigenvalue weighted by Crippen LogP contribution is 2.35. The molecule has 1 heterocycles. The van der Waals surface area contributed by atoms with Crippen molar-refractivity contribution in [2.24, 2.45) is 5.92 Å². The fourth-order valence-corrected chi connectivity index (χ4v) is 7.68. The van der Waals surface area contributed by atoms with E-state index in [4.69, 9.17) is 0 Å². The average molecular weight is 557 g/mol. The largest absolute Gasteiger partial charge is 0.573 e. The van der Waals surface area contributed by atoms with Crippen molar-refractivity contribution in [3.8, 4) is 5.75 Å². The lowest BCUT2D eigenvalue weighted by Gasteiger charge is -2.31. The molecule has 0 unspecified atom stereocenters. The van der Waals surface area contributed by atoms with Crippen molar-refractivity contribution >= 4 is 29.9 Å². The van der Waals surface area contributed by atoms with Gasteiger partial charge in [-0.3, -0.25) is 0 Å². The second-order valence-electron chi connectivity index (χ2n) is 7.94. The van der Waals surface area contributed by atoms with Crippen LogP contribution in [0.25, 0.3) is 0 Å². The minimum atomic E-state index is -5.12. The van der Waals surface area contributed by atoms with Crippen LogP contribution in [0, 0.1) is 5.92 Å². The van der Waals surface area contributed by atoms with Crippen molar-refractivity contribution < 1.29 is 43.2 Å². The quantitative estimate of drug-likeness (QED) is 0.529. The average Bonchev–Trinajstić information content (AvgIpc) is 2.77. The Labute approximate surface area is 201 Å². The van der Waals surface area contributed by atoms with E-state index in [1.165, 1.54) is 30.3 Å². The Morgan fingerprint density at radius 3 is 2.09 bits per heavy atom. The molecule has 0 aromatic heterocycles. The van der Waals surface area contributed by atoms with Crippen LogP contribution < -0.4 is 9.46 Å². The zero-order chi connectivity index (χ0) is 26.1. The smallest absolute Gasteiger partial charge is 0.406 e. The molecule has 0 atom stereocenters. The van der Waals surface area contributed by atoms with E-state index < -0.39 is 51.8 Å². The van der Waals surface area contributed by atoms with Gasteiger partial charge in [0.15, 0.2) is 0 Å². The lowest BCUT2D eigenvalue weighted by Crippen LogP contribution is -2.41. The lowest BCUT2D eigenvalue weighted by molar-refractivity contribution is -0.274. The van der Waals surface area contributed by atoms with Gasteiger partial charge in [-0.25, -0.2) is 30.0 Å². The summed E-state index contributed by atoms with van der Waals surface area (Å²) < 4.78 is 121. The van der Waals surface area contributed by atoms with Gasteiger partial charge in [0.25, 0.3) is 0 Å². The number of nitrogens with one attached hydrogen (secondary N) is 1. The second-order valence-corrected chi connectivity index (χ2v) is 13.6. The molecule has 194 valence electrons. The molecule has 2 aromatic rings. The Morgan fingerprint density at radius 1 is 0.943 bits per heavy atom. The van der Waals surface area contributed by atoms with Gasteiger partial charge in [0.1, 0.15) is 10.6 Å². The molecule has 0 amide bonds. The van der Waals surface area contributed by atoms with Crippen LogP contribution >= 0.6 is 0 Å². The summed E-state index contributed by atoms with van der Waals surface area (Å²) in [7, 11) is -12.4. The number of nitrogens with zero attached hydrogens (tertiary/aromatic N) is 1. The SMILES string of the molecule is CS(=O)(=O)NCC1CCN(S(=O)(=O)c2ccc(OC(F)(F)F)cc2S(=O)(=O)c2ccccc2)CC1. The third kappa shape index (κ3) is 6.94. The standard InChI is InChI=1S/C20H23F3N2O7S3/c1-33(26,27)24-14-15-9-11-25(12-10-15)35(30,31)18-8-7-16(32-20(21,22)23)13-19(18)34(28,29)17-5-3-2-4-6-17/h2-8,13,15,24H,9-12,14H2,1H3. The molecule has 0 bridgehead atoms. The molecular weight excluding hydrogens is 533 g/mol. The van der Waals surface area contributed by atoms with Gasteiger partial charge in [0.05, 0.1) is 16.0 Å². The molecule has 1 saturated heterocycles. The predicted octanol–water partition coefficient (Wildman–Crippen LogP) is 2.37. The molecule has 1 N–H and O–H groups in total. The monoisotopic (exact) mass is 556 g/mol. The van der Waals surface area contributed by atoms with Gasteiger partial charge in [-0.15, -0.1) is 13.2 Å². The predicted molar refractivity (Wildman–Crippen MR) is 119 cm³/mol. The van der Waals surface area contributed by atoms with Crippen LogP contribution in [-0.2, 0) is 29.9 Å². The number of sulfone groups is 1. The molecule has 0 spiro atoms. The van der Waals surface area contributed by atoms with Gasteiger partial charge in [-0.1, -0.05) is 18.2 Å². The number of rotatable bonds is 8. The zero-order valence-electron chi connectivity index (χ0n) is 18.4. The summed E-state index contributed by atoms with van der Waals surface area (Å²) in [6.07, 6.45) is -3.50. The van der Waals surface area contributed by atoms with Crippen LogP contribution in [0.5, 0.6) is 5.75 Å². The fourth-order valence-electron chi connectivity index (χ4n) is 3.60. The highest BCUT2D eigenvalue weighted by Gasteiger charge is 2.37. The van der Waals surface area contributed by atoms with Gasteiger partial charge >= 0.3 is 6.36 Å². The summed E-state index contributed by atoms with van der Waals surface area (Å²) in [5.74, 6) is -1.01. The number of hydrogen-bond donors (Lipinski definition) is 1. The molecule has 2 aromatic carbocycles. The Morgan fingerprint density at radius 2 is 1.54 bits per heavy atom. The topological polar surface area (TPSA) is 127 Å². The first-order valence-electron chi connectivity index (χ1n) is 10.2. The first-order chi connectivity index (χ1) is 16.1. The summed E-state index contributed by atoms with van der Waals surface area (Å²) in [5.41, 5.74) is 0. The van der Waals surface area contributed by atoms with Gasteiger partial charge in [-0.05, 0) is 43.0 Å². The Bertz CT molecular complexity index is 1370. The summed E-state index contributed by atoms with van der Waals surface area (Å²) >= 11 is 0. The highest BCUT2D eigenvalue weighted by atomic mass is 32.2. The number of piperidine rings is 1. The van der Waals surface area contributed by atoms with Crippen molar-refractivity contribution in [1.82, 2.24) is 9.03 Å². The molecule has 15 heteroatoms. The normalized spacial score (nSPS) is 16.8. The van der Waals surface area contributed by atoms with Crippen LogP contribution in [0.4, 0.5) is 13.2 Å². The third-order valence-electron chi connectivity index (χ3n) is 5.32. The van der Waals surface area contributed by atoms with E-state index >= 15 is 0 Å². The van der Waals surface area contributed by atoms with Crippen LogP contribution in [0.2, 0.25) is 0 Å². The van der Waals surface area contributed by atoms with Crippen molar-refractivity contribution in [3.63, 3.8) is 0 Å². The zero-order valence-corrected chi connectivity index (χ0v) is 20.8. The van der Waals surface area contributed by atoms with Gasteiger partial charge in [0.2, 0.25) is 29.9 Å². The summed E-state index contributed by atoms with van der Waals surface area (Å²) in [4.78, 5) is -1.82. The number of alkyl halides is 3. The van der Waals surface area contributed by atoms with Gasteiger partial charge < -0.3 is 4.74 Å². The highest BCUT2D eigenvalue weighted by molar-refractivity contribution is 7.93. The van der Waals surface area contributed by atoms with Gasteiger partial charge in [-0.2, -0.15) is 4.31 Å². The van der Waals surface area contributed by atoms with E-state index in [2.05, 4.69) is 9.46 Å². The van der Waals surface area contributed by atoms with Crippen molar-refractivity contribution in [2.75, 3.05) is 25.9 Å². The van der Waals surface area contributed by atoms with Crippen LogP contribution in [0.3, 0.4) is 0 Å². The molecule has 1 aliphatic heterocycles. The molecule has 1 fully saturated rings. The number of halogens is 3. The Kier molecular flexibility index (Phi) is 7.86. The Balaban J connectivity index is 1.97. The molecule has 9 nitrogen and oxygen atoms in total. The summed E-state index contributed by atoms with van der Waals surface area (Å²) in [6.45, 7) is 0.0813. The van der Waals surface area contributed by atoms with E-state index in [0.29, 0.717) is 18.9 Å². The van der Waals surface area contributed by atoms with E-state index in [1.807, 2.05) is 0 Å². The summed E-state index contributed by atoms with van der Waals surface area (Å²) in [5, 5.41) is 0. The van der Waals surface area contributed by atoms with E-state index in [0.717, 1.165) is 22.7 Å². The fraction of sp³-hybridized carbons (Fsp3) is 0.400. The van der Waals surface area contributed by atoms with E-state index in [1.54, 1.807) is 0 Å². The third-order valence-corrected chi connectivity index (χ3v) is 9.90. The summed E-state index contributed by atoms with van der Waals surface area (Å²) in [6, 6.07) is 8.79. The van der Waals surface area contributed by atoms with Crippen LogP contribution in [0.1, 0.15) is 12.8 Å². The number of sulfonamides is 2.